The van der Waals surface area contributed by atoms with Crippen molar-refractivity contribution in [1.82, 2.24) is 10.6 Å². The molecule has 1 fully saturated rings. The molecule has 0 aromatic heterocycles. The van der Waals surface area contributed by atoms with Crippen LogP contribution >= 0.6 is 0 Å². The highest BCUT2D eigenvalue weighted by Gasteiger charge is 2.13. The van der Waals surface area contributed by atoms with Crippen molar-refractivity contribution in [3.8, 4) is 0 Å². The number of nitrogens with one attached hydrogen (secondary N) is 2. The van der Waals surface area contributed by atoms with Gasteiger partial charge < -0.3 is 10.6 Å². The number of rotatable bonds is 4. The van der Waals surface area contributed by atoms with E-state index in [4.69, 9.17) is 0 Å². The van der Waals surface area contributed by atoms with Gasteiger partial charge in [0.15, 0.2) is 0 Å². The monoisotopic (exact) mass is 170 g/mol. The van der Waals surface area contributed by atoms with Gasteiger partial charge in [-0.05, 0) is 39.3 Å². The summed E-state index contributed by atoms with van der Waals surface area (Å²) < 4.78 is 0. The van der Waals surface area contributed by atoms with Crippen molar-refractivity contribution < 1.29 is 0 Å². The van der Waals surface area contributed by atoms with E-state index in [-0.39, 0.29) is 0 Å². The van der Waals surface area contributed by atoms with Gasteiger partial charge in [0.2, 0.25) is 0 Å². The van der Waals surface area contributed by atoms with E-state index in [0.29, 0.717) is 6.04 Å². The predicted octanol–water partition coefficient (Wildman–Crippen LogP) is 1.52. The second-order valence-electron chi connectivity index (χ2n) is 3.88. The first-order valence-corrected chi connectivity index (χ1v) is 5.29. The number of hydrogen-bond donors (Lipinski definition) is 2. The summed E-state index contributed by atoms with van der Waals surface area (Å²) in [6, 6.07) is 1.48. The van der Waals surface area contributed by atoms with Crippen LogP contribution in [0, 0.1) is 0 Å². The third-order valence-electron chi connectivity index (χ3n) is 2.58. The molecular formula is C10H22N2. The maximum atomic E-state index is 3.68. The highest BCUT2D eigenvalue weighted by Crippen LogP contribution is 2.05. The van der Waals surface area contributed by atoms with Crippen LogP contribution in [0.25, 0.3) is 0 Å². The Kier molecular flexibility index (Phi) is 4.62. The van der Waals surface area contributed by atoms with Crippen molar-refractivity contribution in [3.05, 3.63) is 0 Å². The fraction of sp³-hybridized carbons (Fsp3) is 1.00. The topological polar surface area (TPSA) is 24.1 Å². The lowest BCUT2D eigenvalue weighted by atomic mass is 10.0. The minimum Gasteiger partial charge on any atom is -0.317 e. The van der Waals surface area contributed by atoms with Crippen LogP contribution in [0.4, 0.5) is 0 Å². The first-order valence-electron chi connectivity index (χ1n) is 5.29. The van der Waals surface area contributed by atoms with E-state index in [1.807, 2.05) is 0 Å². The molecule has 0 aromatic carbocycles. The second-order valence-corrected chi connectivity index (χ2v) is 3.88. The average Bonchev–Trinajstić information content (AvgIpc) is 2.06. The van der Waals surface area contributed by atoms with Crippen LogP contribution in [0.3, 0.4) is 0 Å². The van der Waals surface area contributed by atoms with Crippen LogP contribution < -0.4 is 10.6 Å². The molecule has 1 aliphatic heterocycles. The van der Waals surface area contributed by atoms with Gasteiger partial charge in [0.05, 0.1) is 0 Å². The lowest BCUT2D eigenvalue weighted by Crippen LogP contribution is -2.43. The Bertz CT molecular complexity index is 108. The molecule has 0 amide bonds. The van der Waals surface area contributed by atoms with Gasteiger partial charge in [-0.1, -0.05) is 13.3 Å². The molecule has 12 heavy (non-hydrogen) atoms. The molecule has 72 valence electrons. The Morgan fingerprint density at radius 2 is 2.08 bits per heavy atom. The van der Waals surface area contributed by atoms with Crippen LogP contribution in [0.1, 0.15) is 39.5 Å². The Morgan fingerprint density at radius 3 is 2.67 bits per heavy atom. The average molecular weight is 170 g/mol. The van der Waals surface area contributed by atoms with E-state index in [0.717, 1.165) is 6.04 Å². The van der Waals surface area contributed by atoms with Gasteiger partial charge in [-0.25, -0.2) is 0 Å². The van der Waals surface area contributed by atoms with Gasteiger partial charge in [0.25, 0.3) is 0 Å². The SMILES string of the molecule is CCCC(C)NC1CCNCC1. The van der Waals surface area contributed by atoms with E-state index >= 15 is 0 Å². The molecule has 1 heterocycles. The lowest BCUT2D eigenvalue weighted by molar-refractivity contribution is 0.347. The summed E-state index contributed by atoms with van der Waals surface area (Å²) in [5.74, 6) is 0. The second kappa shape index (κ2) is 5.55. The molecule has 1 atom stereocenters. The molecule has 1 aliphatic rings. The highest BCUT2D eigenvalue weighted by atomic mass is 15.0. The van der Waals surface area contributed by atoms with Crippen molar-refractivity contribution >= 4 is 0 Å². The van der Waals surface area contributed by atoms with Gasteiger partial charge in [-0.3, -0.25) is 0 Å². The minimum atomic E-state index is 0.707. The molecule has 0 radical (unpaired) electrons. The largest absolute Gasteiger partial charge is 0.317 e. The van der Waals surface area contributed by atoms with Crippen molar-refractivity contribution in [3.63, 3.8) is 0 Å². The van der Waals surface area contributed by atoms with Gasteiger partial charge in [0.1, 0.15) is 0 Å². The molecular weight excluding hydrogens is 148 g/mol. The Hall–Kier alpha value is -0.0800. The van der Waals surface area contributed by atoms with E-state index < -0.39 is 0 Å². The summed E-state index contributed by atoms with van der Waals surface area (Å²) in [7, 11) is 0. The highest BCUT2D eigenvalue weighted by molar-refractivity contribution is 4.76. The summed E-state index contributed by atoms with van der Waals surface area (Å²) in [6.45, 7) is 6.93. The molecule has 1 rings (SSSR count). The fourth-order valence-corrected chi connectivity index (χ4v) is 1.91. The molecule has 0 spiro atoms. The summed E-state index contributed by atoms with van der Waals surface area (Å²) in [4.78, 5) is 0. The van der Waals surface area contributed by atoms with Crippen molar-refractivity contribution in [2.75, 3.05) is 13.1 Å². The molecule has 1 unspecified atom stereocenters. The Labute approximate surface area is 76.1 Å². The van der Waals surface area contributed by atoms with Crippen LogP contribution in [0.5, 0.6) is 0 Å². The third kappa shape index (κ3) is 3.55. The number of piperidine rings is 1. The Balaban J connectivity index is 2.11. The molecule has 0 aliphatic carbocycles. The van der Waals surface area contributed by atoms with Crippen LogP contribution in [0.15, 0.2) is 0 Å². The van der Waals surface area contributed by atoms with Crippen LogP contribution in [-0.2, 0) is 0 Å². The first kappa shape index (κ1) is 10.0. The standard InChI is InChI=1S/C10H22N2/c1-3-4-9(2)12-10-5-7-11-8-6-10/h9-12H,3-8H2,1-2H3. The molecule has 1 saturated heterocycles. The van der Waals surface area contributed by atoms with E-state index in [1.165, 1.54) is 38.8 Å². The maximum Gasteiger partial charge on any atom is 0.00937 e. The third-order valence-corrected chi connectivity index (χ3v) is 2.58. The van der Waals surface area contributed by atoms with E-state index in [2.05, 4.69) is 24.5 Å². The summed E-state index contributed by atoms with van der Waals surface area (Å²) in [6.07, 6.45) is 5.20. The molecule has 0 saturated carbocycles. The van der Waals surface area contributed by atoms with Crippen molar-refractivity contribution in [1.29, 1.82) is 0 Å². The summed E-state index contributed by atoms with van der Waals surface area (Å²) >= 11 is 0. The van der Waals surface area contributed by atoms with Crippen LogP contribution in [-0.4, -0.2) is 25.2 Å². The first-order chi connectivity index (χ1) is 5.83. The minimum absolute atomic E-state index is 0.707. The number of hydrogen-bond acceptors (Lipinski definition) is 2. The predicted molar refractivity (Wildman–Crippen MR) is 53.4 cm³/mol. The zero-order valence-corrected chi connectivity index (χ0v) is 8.40. The fourth-order valence-electron chi connectivity index (χ4n) is 1.91. The van der Waals surface area contributed by atoms with Crippen molar-refractivity contribution in [2.45, 2.75) is 51.6 Å². The summed E-state index contributed by atoms with van der Waals surface area (Å²) in [5.41, 5.74) is 0. The van der Waals surface area contributed by atoms with Crippen LogP contribution in [0.2, 0.25) is 0 Å². The zero-order valence-electron chi connectivity index (χ0n) is 8.40. The molecule has 2 N–H and O–H groups in total. The van der Waals surface area contributed by atoms with E-state index in [9.17, 15) is 0 Å². The Morgan fingerprint density at radius 1 is 1.42 bits per heavy atom. The van der Waals surface area contributed by atoms with Gasteiger partial charge >= 0.3 is 0 Å². The normalized spacial score (nSPS) is 22.5. The van der Waals surface area contributed by atoms with Crippen molar-refractivity contribution in [2.24, 2.45) is 0 Å². The molecule has 0 bridgehead atoms. The van der Waals surface area contributed by atoms with Gasteiger partial charge in [0, 0.05) is 12.1 Å². The lowest BCUT2D eigenvalue weighted by Gasteiger charge is -2.27. The quantitative estimate of drug-likeness (QED) is 0.668. The zero-order chi connectivity index (χ0) is 8.81. The molecule has 0 aromatic rings. The van der Waals surface area contributed by atoms with Gasteiger partial charge in [-0.2, -0.15) is 0 Å². The molecule has 2 heteroatoms. The van der Waals surface area contributed by atoms with E-state index in [1.54, 1.807) is 0 Å². The molecule has 2 nitrogen and oxygen atoms in total. The summed E-state index contributed by atoms with van der Waals surface area (Å²) in [5, 5.41) is 7.06. The smallest absolute Gasteiger partial charge is 0.00937 e. The maximum absolute atomic E-state index is 3.68. The van der Waals surface area contributed by atoms with Gasteiger partial charge in [-0.15, -0.1) is 0 Å².